The Morgan fingerprint density at radius 1 is 0.381 bits per heavy atom. The van der Waals surface area contributed by atoms with Crippen molar-refractivity contribution in [1.82, 2.24) is 0 Å². The Balaban J connectivity index is 3.20. The predicted molar refractivity (Wildman–Crippen MR) is 188 cm³/mol. The Hall–Kier alpha value is -0.790. The number of carbonyl (C=O) groups is 1. The van der Waals surface area contributed by atoms with Crippen LogP contribution in [0.5, 0.6) is 0 Å². The molecule has 2 nitrogen and oxygen atoms in total. The van der Waals surface area contributed by atoms with Crippen molar-refractivity contribution in [2.45, 2.75) is 232 Å². The first kappa shape index (κ1) is 41.2. The van der Waals surface area contributed by atoms with E-state index in [4.69, 9.17) is 4.74 Å². The number of hydrogen-bond acceptors (Lipinski definition) is 2. The smallest absolute Gasteiger partial charge is 0.330 e. The zero-order valence-corrected chi connectivity index (χ0v) is 29.2. The van der Waals surface area contributed by atoms with Crippen LogP contribution >= 0.6 is 0 Å². The number of hydrogen-bond donors (Lipinski definition) is 0. The van der Waals surface area contributed by atoms with Gasteiger partial charge in [-0.1, -0.05) is 219 Å². The van der Waals surface area contributed by atoms with Crippen LogP contribution in [0.4, 0.5) is 0 Å². The van der Waals surface area contributed by atoms with Gasteiger partial charge in [-0.05, 0) is 19.3 Å². The number of unbranched alkanes of at least 4 members (excludes halogenated alkanes) is 32. The third kappa shape index (κ3) is 37.2. The van der Waals surface area contributed by atoms with Crippen molar-refractivity contribution in [3.05, 3.63) is 12.2 Å². The fourth-order valence-corrected chi connectivity index (χ4v) is 6.04. The number of ether oxygens (including phenoxy) is 1. The van der Waals surface area contributed by atoms with Gasteiger partial charge in [-0.15, -0.1) is 0 Å². The molecule has 0 saturated carbocycles. The van der Waals surface area contributed by atoms with E-state index in [0.717, 1.165) is 12.8 Å². The van der Waals surface area contributed by atoms with Crippen LogP contribution in [-0.4, -0.2) is 12.6 Å². The molecule has 0 aliphatic heterocycles. The number of carbonyl (C=O) groups excluding carboxylic acids is 1. The lowest BCUT2D eigenvalue weighted by Gasteiger charge is -2.04. The van der Waals surface area contributed by atoms with E-state index >= 15 is 0 Å². The molecule has 2 heteroatoms. The highest BCUT2D eigenvalue weighted by atomic mass is 16.5. The van der Waals surface area contributed by atoms with Gasteiger partial charge in [0.15, 0.2) is 0 Å². The van der Waals surface area contributed by atoms with E-state index in [-0.39, 0.29) is 5.97 Å². The second kappa shape index (κ2) is 38.2. The van der Waals surface area contributed by atoms with Gasteiger partial charge >= 0.3 is 5.97 Å². The normalized spacial score (nSPS) is 11.6. The summed E-state index contributed by atoms with van der Waals surface area (Å²) in [5.41, 5.74) is 0. The van der Waals surface area contributed by atoms with Crippen LogP contribution in [0.25, 0.3) is 0 Å². The van der Waals surface area contributed by atoms with Crippen LogP contribution in [0.2, 0.25) is 0 Å². The minimum atomic E-state index is -0.150. The summed E-state index contributed by atoms with van der Waals surface area (Å²) in [5, 5.41) is 0. The Morgan fingerprint density at radius 2 is 0.643 bits per heavy atom. The molecule has 0 radical (unpaired) electrons. The lowest BCUT2D eigenvalue weighted by atomic mass is 10.0. The van der Waals surface area contributed by atoms with Gasteiger partial charge in [0.25, 0.3) is 0 Å². The SMILES string of the molecule is CCCCCCCCCCCCCCCCC/C=C/C(=O)OCCCCCCCCCCCCCCCCCCCC. The molecule has 0 aliphatic carbocycles. The topological polar surface area (TPSA) is 26.3 Å². The van der Waals surface area contributed by atoms with Crippen molar-refractivity contribution in [3.8, 4) is 0 Å². The maximum Gasteiger partial charge on any atom is 0.330 e. The van der Waals surface area contributed by atoms with Crippen molar-refractivity contribution < 1.29 is 9.53 Å². The monoisotopic (exact) mass is 591 g/mol. The van der Waals surface area contributed by atoms with Gasteiger partial charge in [-0.2, -0.15) is 0 Å². The molecule has 0 aromatic heterocycles. The zero-order chi connectivity index (χ0) is 30.4. The highest BCUT2D eigenvalue weighted by molar-refractivity contribution is 5.81. The van der Waals surface area contributed by atoms with E-state index in [1.165, 1.54) is 205 Å². The van der Waals surface area contributed by atoms with Gasteiger partial charge < -0.3 is 4.74 Å². The lowest BCUT2D eigenvalue weighted by molar-refractivity contribution is -0.137. The average molecular weight is 591 g/mol. The molecule has 0 rings (SSSR count). The van der Waals surface area contributed by atoms with Crippen molar-refractivity contribution in [2.24, 2.45) is 0 Å². The van der Waals surface area contributed by atoms with Crippen LogP contribution in [0, 0.1) is 0 Å². The standard InChI is InChI=1S/C40H78O2/c1-3-5-7-9-11-13-15-17-19-21-23-25-27-29-31-33-35-37-39-42-40(41)38-36-34-32-30-28-26-24-22-20-18-16-14-12-10-8-6-4-2/h36,38H,3-35,37,39H2,1-2H3/b38-36+. The molecule has 0 atom stereocenters. The van der Waals surface area contributed by atoms with Crippen LogP contribution in [0.3, 0.4) is 0 Å². The summed E-state index contributed by atoms with van der Waals surface area (Å²) in [5.74, 6) is -0.150. The third-order valence-electron chi connectivity index (χ3n) is 8.97. The second-order valence-corrected chi connectivity index (χ2v) is 13.3. The van der Waals surface area contributed by atoms with Crippen LogP contribution in [-0.2, 0) is 9.53 Å². The first-order chi connectivity index (χ1) is 20.8. The maximum atomic E-state index is 11.9. The van der Waals surface area contributed by atoms with Crippen molar-refractivity contribution in [3.63, 3.8) is 0 Å². The summed E-state index contributed by atoms with van der Waals surface area (Å²) in [4.78, 5) is 11.9. The Labute approximate surface area is 266 Å². The molecule has 0 heterocycles. The van der Waals surface area contributed by atoms with Gasteiger partial charge in [0.05, 0.1) is 6.61 Å². The van der Waals surface area contributed by atoms with Gasteiger partial charge in [0, 0.05) is 6.08 Å². The van der Waals surface area contributed by atoms with E-state index in [2.05, 4.69) is 13.8 Å². The molecule has 0 spiro atoms. The van der Waals surface area contributed by atoms with E-state index in [1.807, 2.05) is 6.08 Å². The molecule has 0 aromatic carbocycles. The highest BCUT2D eigenvalue weighted by Crippen LogP contribution is 2.15. The van der Waals surface area contributed by atoms with E-state index in [9.17, 15) is 4.79 Å². The van der Waals surface area contributed by atoms with E-state index in [0.29, 0.717) is 6.61 Å². The van der Waals surface area contributed by atoms with Crippen molar-refractivity contribution >= 4 is 5.97 Å². The van der Waals surface area contributed by atoms with Crippen LogP contribution < -0.4 is 0 Å². The molecule has 0 N–H and O–H groups in total. The second-order valence-electron chi connectivity index (χ2n) is 13.3. The Morgan fingerprint density at radius 3 is 0.952 bits per heavy atom. The van der Waals surface area contributed by atoms with Crippen molar-refractivity contribution in [1.29, 1.82) is 0 Å². The van der Waals surface area contributed by atoms with Crippen LogP contribution in [0.1, 0.15) is 232 Å². The summed E-state index contributed by atoms with van der Waals surface area (Å²) >= 11 is 0. The maximum absolute atomic E-state index is 11.9. The third-order valence-corrected chi connectivity index (χ3v) is 8.97. The van der Waals surface area contributed by atoms with E-state index < -0.39 is 0 Å². The van der Waals surface area contributed by atoms with Gasteiger partial charge in [0.2, 0.25) is 0 Å². The van der Waals surface area contributed by atoms with Crippen molar-refractivity contribution in [2.75, 3.05) is 6.61 Å². The van der Waals surface area contributed by atoms with Gasteiger partial charge in [-0.25, -0.2) is 4.79 Å². The minimum Gasteiger partial charge on any atom is -0.463 e. The number of allylic oxidation sites excluding steroid dienone is 1. The largest absolute Gasteiger partial charge is 0.463 e. The van der Waals surface area contributed by atoms with Gasteiger partial charge in [0.1, 0.15) is 0 Å². The number of esters is 1. The molecule has 0 aliphatic rings. The summed E-state index contributed by atoms with van der Waals surface area (Å²) in [6.45, 7) is 5.17. The lowest BCUT2D eigenvalue weighted by Crippen LogP contribution is -2.02. The molecule has 0 aromatic rings. The molecule has 0 bridgehead atoms. The predicted octanol–water partition coefficient (Wildman–Crippen LogP) is 14.4. The number of rotatable bonds is 36. The fraction of sp³-hybridized carbons (Fsp3) is 0.925. The molecule has 0 fully saturated rings. The summed E-state index contributed by atoms with van der Waals surface area (Å²) in [7, 11) is 0. The molecular formula is C40H78O2. The van der Waals surface area contributed by atoms with E-state index in [1.54, 1.807) is 6.08 Å². The Bertz CT molecular complexity index is 526. The quantitative estimate of drug-likeness (QED) is 0.0412. The zero-order valence-electron chi connectivity index (χ0n) is 29.2. The molecule has 0 unspecified atom stereocenters. The van der Waals surface area contributed by atoms with Gasteiger partial charge in [-0.3, -0.25) is 0 Å². The fourth-order valence-electron chi connectivity index (χ4n) is 6.04. The minimum absolute atomic E-state index is 0.150. The summed E-state index contributed by atoms with van der Waals surface area (Å²) in [6, 6.07) is 0. The summed E-state index contributed by atoms with van der Waals surface area (Å²) < 4.78 is 5.37. The average Bonchev–Trinajstić information content (AvgIpc) is 3.00. The highest BCUT2D eigenvalue weighted by Gasteiger charge is 1.99. The molecule has 0 amide bonds. The first-order valence-corrected chi connectivity index (χ1v) is 19.6. The molecule has 0 saturated heterocycles. The summed E-state index contributed by atoms with van der Waals surface area (Å²) in [6.07, 6.45) is 50.4. The molecule has 42 heavy (non-hydrogen) atoms. The molecule has 250 valence electrons. The first-order valence-electron chi connectivity index (χ1n) is 19.6. The van der Waals surface area contributed by atoms with Crippen LogP contribution in [0.15, 0.2) is 12.2 Å². The molecular weight excluding hydrogens is 512 g/mol. The Kier molecular flexibility index (Phi) is 37.5.